The SMILES string of the molecule is COc1ccc(CN(C)Cn2c(C)cc(C)c(C(N)=O)c2=S)cc1OC. The Kier molecular flexibility index (Phi) is 6.39. The van der Waals surface area contributed by atoms with Crippen molar-refractivity contribution in [3.8, 4) is 11.5 Å². The Morgan fingerprint density at radius 3 is 2.42 bits per heavy atom. The first-order valence-electron chi connectivity index (χ1n) is 8.18. The number of carbonyl (C=O) groups excluding carboxylic acids is 1. The molecule has 2 rings (SSSR count). The molecular formula is C19H25N3O3S. The minimum Gasteiger partial charge on any atom is -0.493 e. The molecule has 2 aromatic rings. The molecule has 140 valence electrons. The number of aromatic nitrogens is 1. The Balaban J connectivity index is 2.26. The molecule has 26 heavy (non-hydrogen) atoms. The summed E-state index contributed by atoms with van der Waals surface area (Å²) in [5.74, 6) is 0.892. The van der Waals surface area contributed by atoms with Crippen LogP contribution in [0.25, 0.3) is 0 Å². The van der Waals surface area contributed by atoms with Gasteiger partial charge in [0.2, 0.25) is 0 Å². The molecule has 6 nitrogen and oxygen atoms in total. The number of carbonyl (C=O) groups is 1. The van der Waals surface area contributed by atoms with E-state index >= 15 is 0 Å². The van der Waals surface area contributed by atoms with Gasteiger partial charge in [0, 0.05) is 12.2 Å². The van der Waals surface area contributed by atoms with Crippen LogP contribution in [-0.4, -0.2) is 36.6 Å². The third kappa shape index (κ3) is 4.23. The minimum atomic E-state index is -0.496. The van der Waals surface area contributed by atoms with Crippen LogP contribution in [-0.2, 0) is 13.2 Å². The smallest absolute Gasteiger partial charge is 0.251 e. The molecule has 1 aromatic carbocycles. The number of hydrogen-bond acceptors (Lipinski definition) is 5. The number of pyridine rings is 1. The average molecular weight is 375 g/mol. The van der Waals surface area contributed by atoms with Crippen LogP contribution < -0.4 is 15.2 Å². The first-order valence-corrected chi connectivity index (χ1v) is 8.59. The van der Waals surface area contributed by atoms with E-state index in [1.54, 1.807) is 14.2 Å². The first-order chi connectivity index (χ1) is 12.3. The summed E-state index contributed by atoms with van der Waals surface area (Å²) in [4.78, 5) is 13.8. The number of rotatable bonds is 7. The van der Waals surface area contributed by atoms with Crippen LogP contribution in [0.3, 0.4) is 0 Å². The molecule has 1 aromatic heterocycles. The van der Waals surface area contributed by atoms with Gasteiger partial charge in [-0.2, -0.15) is 0 Å². The second kappa shape index (κ2) is 8.33. The summed E-state index contributed by atoms with van der Waals surface area (Å²) in [5, 5.41) is 0. The predicted octanol–water partition coefficient (Wildman–Crippen LogP) is 3.04. The molecular weight excluding hydrogens is 350 g/mol. The second-order valence-corrected chi connectivity index (χ2v) is 6.67. The quantitative estimate of drug-likeness (QED) is 0.753. The van der Waals surface area contributed by atoms with Crippen LogP contribution in [0, 0.1) is 18.5 Å². The highest BCUT2D eigenvalue weighted by molar-refractivity contribution is 7.71. The molecule has 0 atom stereocenters. The lowest BCUT2D eigenvalue weighted by atomic mass is 10.1. The van der Waals surface area contributed by atoms with E-state index in [-0.39, 0.29) is 0 Å². The van der Waals surface area contributed by atoms with E-state index in [0.717, 1.165) is 16.8 Å². The van der Waals surface area contributed by atoms with Crippen molar-refractivity contribution in [3.05, 3.63) is 51.3 Å². The molecule has 7 heteroatoms. The van der Waals surface area contributed by atoms with Gasteiger partial charge in [0.1, 0.15) is 4.64 Å². The van der Waals surface area contributed by atoms with Gasteiger partial charge in [0.05, 0.1) is 26.5 Å². The number of amides is 1. The highest BCUT2D eigenvalue weighted by Gasteiger charge is 2.14. The fourth-order valence-electron chi connectivity index (χ4n) is 2.98. The summed E-state index contributed by atoms with van der Waals surface area (Å²) < 4.78 is 13.0. The Bertz CT molecular complexity index is 877. The maximum Gasteiger partial charge on any atom is 0.251 e. The van der Waals surface area contributed by atoms with Crippen molar-refractivity contribution in [1.29, 1.82) is 0 Å². The second-order valence-electron chi connectivity index (χ2n) is 6.29. The summed E-state index contributed by atoms with van der Waals surface area (Å²) in [6.45, 7) is 5.04. The van der Waals surface area contributed by atoms with Crippen LogP contribution in [0.1, 0.15) is 27.2 Å². The molecule has 0 saturated carbocycles. The van der Waals surface area contributed by atoms with Gasteiger partial charge in [-0.15, -0.1) is 0 Å². The van der Waals surface area contributed by atoms with Gasteiger partial charge in [-0.3, -0.25) is 9.69 Å². The molecule has 0 aliphatic carbocycles. The van der Waals surface area contributed by atoms with Crippen molar-refractivity contribution in [3.63, 3.8) is 0 Å². The van der Waals surface area contributed by atoms with Crippen LogP contribution >= 0.6 is 12.2 Å². The zero-order valence-electron chi connectivity index (χ0n) is 15.8. The predicted molar refractivity (Wildman–Crippen MR) is 104 cm³/mol. The van der Waals surface area contributed by atoms with Gasteiger partial charge >= 0.3 is 0 Å². The molecule has 2 N–H and O–H groups in total. The van der Waals surface area contributed by atoms with E-state index < -0.39 is 5.91 Å². The minimum absolute atomic E-state index is 0.408. The number of hydrogen-bond donors (Lipinski definition) is 1. The van der Waals surface area contributed by atoms with Crippen LogP contribution in [0.2, 0.25) is 0 Å². The molecule has 0 spiro atoms. The molecule has 0 aliphatic rings. The maximum atomic E-state index is 11.7. The largest absolute Gasteiger partial charge is 0.493 e. The maximum absolute atomic E-state index is 11.7. The Labute approximate surface area is 159 Å². The van der Waals surface area contributed by atoms with E-state index in [9.17, 15) is 4.79 Å². The van der Waals surface area contributed by atoms with E-state index in [0.29, 0.717) is 34.9 Å². The topological polar surface area (TPSA) is 69.7 Å². The number of primary amides is 1. The van der Waals surface area contributed by atoms with Crippen molar-refractivity contribution in [2.45, 2.75) is 27.1 Å². The van der Waals surface area contributed by atoms with Crippen molar-refractivity contribution in [2.75, 3.05) is 21.3 Å². The summed E-state index contributed by atoms with van der Waals surface area (Å²) in [7, 11) is 5.22. The van der Waals surface area contributed by atoms with Gasteiger partial charge in [-0.1, -0.05) is 18.3 Å². The molecule has 0 fully saturated rings. The summed E-state index contributed by atoms with van der Waals surface area (Å²) in [5.41, 5.74) is 8.76. The van der Waals surface area contributed by atoms with Gasteiger partial charge in [-0.05, 0) is 50.2 Å². The monoisotopic (exact) mass is 375 g/mol. The summed E-state index contributed by atoms with van der Waals surface area (Å²) in [6.07, 6.45) is 0. The number of nitrogens with two attached hydrogens (primary N) is 1. The zero-order valence-corrected chi connectivity index (χ0v) is 16.6. The fourth-order valence-corrected chi connectivity index (χ4v) is 3.45. The number of ether oxygens (including phenoxy) is 2. The van der Waals surface area contributed by atoms with E-state index in [2.05, 4.69) is 4.90 Å². The van der Waals surface area contributed by atoms with Gasteiger partial charge in [-0.25, -0.2) is 0 Å². The lowest BCUT2D eigenvalue weighted by molar-refractivity contribution is 0.0997. The van der Waals surface area contributed by atoms with Crippen LogP contribution in [0.15, 0.2) is 24.3 Å². The number of nitrogens with zero attached hydrogens (tertiary/aromatic N) is 2. The standard InChI is InChI=1S/C19H25N3O3S/c1-12-8-13(2)22(19(26)17(12)18(20)23)11-21(3)10-14-6-7-15(24-4)16(9-14)25-5/h6-9H,10-11H2,1-5H3,(H2,20,23). The first kappa shape index (κ1) is 19.9. The number of benzene rings is 1. The van der Waals surface area contributed by atoms with Crippen LogP contribution in [0.4, 0.5) is 0 Å². The lowest BCUT2D eigenvalue weighted by Crippen LogP contribution is -2.25. The molecule has 0 saturated heterocycles. The third-order valence-electron chi connectivity index (χ3n) is 4.23. The highest BCUT2D eigenvalue weighted by atomic mass is 32.1. The fraction of sp³-hybridized carbons (Fsp3) is 0.368. The summed E-state index contributed by atoms with van der Waals surface area (Å²) in [6, 6.07) is 7.76. The van der Waals surface area contributed by atoms with Crippen molar-refractivity contribution < 1.29 is 14.3 Å². The van der Waals surface area contributed by atoms with Crippen LogP contribution in [0.5, 0.6) is 11.5 Å². The molecule has 1 amide bonds. The van der Waals surface area contributed by atoms with Crippen molar-refractivity contribution in [1.82, 2.24) is 9.47 Å². The number of methoxy groups -OCH3 is 2. The van der Waals surface area contributed by atoms with Gasteiger partial charge < -0.3 is 19.8 Å². The normalized spacial score (nSPS) is 10.8. The molecule has 0 unspecified atom stereocenters. The zero-order chi connectivity index (χ0) is 19.4. The van der Waals surface area contributed by atoms with E-state index in [1.807, 2.05) is 49.7 Å². The van der Waals surface area contributed by atoms with Gasteiger partial charge in [0.15, 0.2) is 11.5 Å². The lowest BCUT2D eigenvalue weighted by Gasteiger charge is -2.22. The average Bonchev–Trinajstić information content (AvgIpc) is 2.57. The number of aryl methyl sites for hydroxylation is 2. The van der Waals surface area contributed by atoms with Crippen molar-refractivity contribution >= 4 is 18.1 Å². The van der Waals surface area contributed by atoms with E-state index in [4.69, 9.17) is 27.4 Å². The van der Waals surface area contributed by atoms with E-state index in [1.165, 1.54) is 0 Å². The summed E-state index contributed by atoms with van der Waals surface area (Å²) >= 11 is 5.50. The molecule has 0 aliphatic heterocycles. The Hall–Kier alpha value is -2.38. The Morgan fingerprint density at radius 1 is 1.19 bits per heavy atom. The Morgan fingerprint density at radius 2 is 1.85 bits per heavy atom. The highest BCUT2D eigenvalue weighted by Crippen LogP contribution is 2.28. The van der Waals surface area contributed by atoms with Crippen molar-refractivity contribution in [2.24, 2.45) is 5.73 Å². The third-order valence-corrected chi connectivity index (χ3v) is 4.66. The molecule has 0 radical (unpaired) electrons. The van der Waals surface area contributed by atoms with Gasteiger partial charge in [0.25, 0.3) is 5.91 Å². The molecule has 1 heterocycles. The molecule has 0 bridgehead atoms.